The van der Waals surface area contributed by atoms with Gasteiger partial charge in [0, 0.05) is 16.8 Å². The van der Waals surface area contributed by atoms with Crippen molar-refractivity contribution in [1.29, 1.82) is 0 Å². The molecule has 148 valence electrons. The van der Waals surface area contributed by atoms with Crippen molar-refractivity contribution in [2.45, 2.75) is 26.7 Å². The lowest BCUT2D eigenvalue weighted by Gasteiger charge is -2.16. The Balaban J connectivity index is 1.84. The van der Waals surface area contributed by atoms with E-state index in [1.54, 1.807) is 44.3 Å². The first-order valence-corrected chi connectivity index (χ1v) is 11.0. The molecule has 7 nitrogen and oxygen atoms in total. The van der Waals surface area contributed by atoms with Gasteiger partial charge >= 0.3 is 0 Å². The lowest BCUT2D eigenvalue weighted by molar-refractivity contribution is -0.586. The number of rotatable bonds is 7. The number of hydrogen-bond donors (Lipinski definition) is 2. The second-order valence-corrected chi connectivity index (χ2v) is 9.22. The highest BCUT2D eigenvalue weighted by atomic mass is 32.2. The average Bonchev–Trinajstić information content (AvgIpc) is 3.37. The molecule has 0 bridgehead atoms. The molecule has 2 aromatic heterocycles. The lowest BCUT2D eigenvalue weighted by Crippen LogP contribution is -2.31. The maximum atomic E-state index is 12.3. The van der Waals surface area contributed by atoms with E-state index in [2.05, 4.69) is 9.71 Å². The van der Waals surface area contributed by atoms with Gasteiger partial charge in [-0.3, -0.25) is 4.72 Å². The molecule has 4 rings (SSSR count). The standard InChI is InChI=1S/C20H23N3O4S/c1-3-28(25,26)22-15-6-7-19(27-12-14-4-5-14)18(11-15)17-10-13(2)23(24)20-16(17)8-9-21-20/h6-11,14,21-22H,3-5,12H2,1-2H3. The zero-order valence-corrected chi connectivity index (χ0v) is 16.7. The maximum absolute atomic E-state index is 12.3. The first kappa shape index (κ1) is 18.6. The van der Waals surface area contributed by atoms with Crippen LogP contribution in [0.5, 0.6) is 5.75 Å². The van der Waals surface area contributed by atoms with Gasteiger partial charge < -0.3 is 9.94 Å². The number of pyridine rings is 1. The molecule has 3 aromatic rings. The summed E-state index contributed by atoms with van der Waals surface area (Å²) in [5.74, 6) is 1.25. The number of hydrogen-bond acceptors (Lipinski definition) is 4. The van der Waals surface area contributed by atoms with Gasteiger partial charge in [-0.1, -0.05) is 0 Å². The third-order valence-electron chi connectivity index (χ3n) is 4.99. The van der Waals surface area contributed by atoms with Crippen LogP contribution in [0, 0.1) is 18.0 Å². The van der Waals surface area contributed by atoms with Crippen molar-refractivity contribution >= 4 is 26.7 Å². The van der Waals surface area contributed by atoms with Gasteiger partial charge in [0.1, 0.15) is 11.4 Å². The molecule has 1 fully saturated rings. The number of aromatic nitrogens is 2. The topological polar surface area (TPSA) is 98.1 Å². The smallest absolute Gasteiger partial charge is 0.290 e. The predicted molar refractivity (Wildman–Crippen MR) is 109 cm³/mol. The van der Waals surface area contributed by atoms with E-state index in [9.17, 15) is 13.6 Å². The van der Waals surface area contributed by atoms with Crippen molar-refractivity contribution in [1.82, 2.24) is 4.98 Å². The van der Waals surface area contributed by atoms with Gasteiger partial charge in [0.25, 0.3) is 5.65 Å². The Kier molecular flexibility index (Phi) is 4.66. The summed E-state index contributed by atoms with van der Waals surface area (Å²) in [6.45, 7) is 3.97. The van der Waals surface area contributed by atoms with Crippen LogP contribution in [0.25, 0.3) is 22.2 Å². The van der Waals surface area contributed by atoms with Crippen LogP contribution in [0.3, 0.4) is 0 Å². The molecular formula is C20H23N3O4S. The van der Waals surface area contributed by atoms with E-state index in [4.69, 9.17) is 4.74 Å². The van der Waals surface area contributed by atoms with E-state index in [-0.39, 0.29) is 5.75 Å². The van der Waals surface area contributed by atoms with Gasteiger partial charge in [-0.2, -0.15) is 0 Å². The van der Waals surface area contributed by atoms with Crippen LogP contribution in [0.15, 0.2) is 36.5 Å². The van der Waals surface area contributed by atoms with E-state index < -0.39 is 10.0 Å². The fraction of sp³-hybridized carbons (Fsp3) is 0.350. The molecule has 8 heteroatoms. The Morgan fingerprint density at radius 1 is 1.25 bits per heavy atom. The van der Waals surface area contributed by atoms with E-state index in [0.717, 1.165) is 21.2 Å². The van der Waals surface area contributed by atoms with Crippen LogP contribution in [-0.2, 0) is 10.0 Å². The van der Waals surface area contributed by atoms with Crippen LogP contribution in [-0.4, -0.2) is 25.8 Å². The number of nitrogens with zero attached hydrogens (tertiary/aromatic N) is 1. The van der Waals surface area contributed by atoms with E-state index in [1.165, 1.54) is 12.8 Å². The van der Waals surface area contributed by atoms with Crippen molar-refractivity contribution < 1.29 is 17.9 Å². The zero-order valence-electron chi connectivity index (χ0n) is 15.9. The Morgan fingerprint density at radius 3 is 2.75 bits per heavy atom. The summed E-state index contributed by atoms with van der Waals surface area (Å²) < 4.78 is 33.5. The van der Waals surface area contributed by atoms with Crippen LogP contribution in [0.1, 0.15) is 25.5 Å². The lowest BCUT2D eigenvalue weighted by atomic mass is 10.0. The molecular weight excluding hydrogens is 378 g/mol. The van der Waals surface area contributed by atoms with Crippen LogP contribution < -0.4 is 14.2 Å². The van der Waals surface area contributed by atoms with E-state index in [1.807, 2.05) is 6.07 Å². The molecule has 2 N–H and O–H groups in total. The Bertz CT molecular complexity index is 1130. The maximum Gasteiger partial charge on any atom is 0.290 e. The molecule has 1 aromatic carbocycles. The Labute approximate surface area is 164 Å². The molecule has 1 saturated carbocycles. The first-order chi connectivity index (χ1) is 13.4. The van der Waals surface area contributed by atoms with Crippen molar-refractivity contribution in [3.05, 3.63) is 47.4 Å². The molecule has 1 aliphatic carbocycles. The molecule has 0 amide bonds. The van der Waals surface area contributed by atoms with Crippen LogP contribution in [0.2, 0.25) is 0 Å². The average molecular weight is 401 g/mol. The van der Waals surface area contributed by atoms with Gasteiger partial charge in [-0.05, 0) is 62.9 Å². The summed E-state index contributed by atoms with van der Waals surface area (Å²) in [7, 11) is -3.40. The third-order valence-corrected chi connectivity index (χ3v) is 6.29. The Hall–Kier alpha value is -2.74. The summed E-state index contributed by atoms with van der Waals surface area (Å²) in [4.78, 5) is 2.98. The third kappa shape index (κ3) is 3.64. The number of sulfonamides is 1. The highest BCUT2D eigenvalue weighted by molar-refractivity contribution is 7.92. The fourth-order valence-electron chi connectivity index (χ4n) is 3.16. The van der Waals surface area contributed by atoms with Gasteiger partial charge in [0.05, 0.1) is 23.9 Å². The second-order valence-electron chi connectivity index (χ2n) is 7.20. The number of fused-ring (bicyclic) bond motifs is 1. The summed E-state index contributed by atoms with van der Waals surface area (Å²) in [6.07, 6.45) is 4.06. The largest absolute Gasteiger partial charge is 0.710 e. The minimum Gasteiger partial charge on any atom is -0.710 e. The van der Waals surface area contributed by atoms with Crippen molar-refractivity contribution in [3.8, 4) is 16.9 Å². The normalized spacial score (nSPS) is 14.4. The SMILES string of the molecule is CCS(=O)(=O)Nc1ccc(OCC2CC2)c(-c2cc(C)[n+]([O-])c3[nH]ccc23)c1. The highest BCUT2D eigenvalue weighted by Crippen LogP contribution is 2.38. The quantitative estimate of drug-likeness (QED) is 0.469. The van der Waals surface area contributed by atoms with Gasteiger partial charge in [0.15, 0.2) is 0 Å². The van der Waals surface area contributed by atoms with E-state index >= 15 is 0 Å². The number of aryl methyl sites for hydroxylation is 1. The molecule has 0 spiro atoms. The first-order valence-electron chi connectivity index (χ1n) is 9.36. The highest BCUT2D eigenvalue weighted by Gasteiger charge is 2.24. The van der Waals surface area contributed by atoms with E-state index in [0.29, 0.717) is 35.3 Å². The minimum absolute atomic E-state index is 0.00898. The number of H-pyrrole nitrogens is 1. The fourth-order valence-corrected chi connectivity index (χ4v) is 3.79. The number of ether oxygens (including phenoxy) is 1. The van der Waals surface area contributed by atoms with Gasteiger partial charge in [-0.15, -0.1) is 0 Å². The van der Waals surface area contributed by atoms with Crippen LogP contribution >= 0.6 is 0 Å². The van der Waals surface area contributed by atoms with Crippen LogP contribution in [0.4, 0.5) is 5.69 Å². The molecule has 1 aliphatic rings. The molecule has 0 aliphatic heterocycles. The number of aromatic amines is 1. The van der Waals surface area contributed by atoms with Crippen molar-refractivity contribution in [2.24, 2.45) is 5.92 Å². The molecule has 0 radical (unpaired) electrons. The summed E-state index contributed by atoms with van der Waals surface area (Å²) in [5.41, 5.74) is 3.05. The number of anilines is 1. The monoisotopic (exact) mass is 401 g/mol. The summed E-state index contributed by atoms with van der Waals surface area (Å²) >= 11 is 0. The Morgan fingerprint density at radius 2 is 2.04 bits per heavy atom. The molecule has 0 saturated heterocycles. The molecule has 2 heterocycles. The summed E-state index contributed by atoms with van der Waals surface area (Å²) in [5, 5.41) is 13.1. The molecule has 28 heavy (non-hydrogen) atoms. The van der Waals surface area contributed by atoms with Crippen molar-refractivity contribution in [2.75, 3.05) is 17.1 Å². The molecule has 0 unspecified atom stereocenters. The summed E-state index contributed by atoms with van der Waals surface area (Å²) in [6, 6.07) is 8.91. The second kappa shape index (κ2) is 7.01. The zero-order chi connectivity index (χ0) is 19.9. The van der Waals surface area contributed by atoms with Gasteiger partial charge in [0.2, 0.25) is 10.0 Å². The number of nitrogens with one attached hydrogen (secondary N) is 2. The predicted octanol–water partition coefficient (Wildman–Crippen LogP) is 3.33. The number of benzene rings is 1. The minimum atomic E-state index is -3.40. The van der Waals surface area contributed by atoms with Gasteiger partial charge in [-0.25, -0.2) is 18.1 Å². The van der Waals surface area contributed by atoms with Crippen molar-refractivity contribution in [3.63, 3.8) is 0 Å². The molecule has 0 atom stereocenters.